The molecule has 0 amide bonds. The Morgan fingerprint density at radius 3 is 2.35 bits per heavy atom. The first-order valence-corrected chi connectivity index (χ1v) is 9.03. The van der Waals surface area contributed by atoms with Gasteiger partial charge >= 0.3 is 0 Å². The summed E-state index contributed by atoms with van der Waals surface area (Å²) in [4.78, 5) is 27.0. The second-order valence-electron chi connectivity index (χ2n) is 6.51. The molecule has 0 bridgehead atoms. The Balaban J connectivity index is 1.94. The van der Waals surface area contributed by atoms with Crippen LogP contribution in [-0.4, -0.2) is 42.7 Å². The monoisotopic (exact) mass is 365 g/mol. The number of fused-ring (bicyclic) bond motifs is 3. The van der Waals surface area contributed by atoms with Crippen molar-refractivity contribution >= 4 is 43.1 Å². The number of hydrogen-bond acceptors (Lipinski definition) is 6. The summed E-state index contributed by atoms with van der Waals surface area (Å²) in [5, 5.41) is 0.935. The van der Waals surface area contributed by atoms with Gasteiger partial charge in [0.1, 0.15) is 15.9 Å². The van der Waals surface area contributed by atoms with Gasteiger partial charge in [0.05, 0.1) is 22.3 Å². The van der Waals surface area contributed by atoms with E-state index in [2.05, 4.69) is 9.97 Å². The van der Waals surface area contributed by atoms with Gasteiger partial charge < -0.3 is 9.80 Å². The highest BCUT2D eigenvalue weighted by Gasteiger charge is 2.16. The average Bonchev–Trinajstić information content (AvgIpc) is 3.02. The predicted molar refractivity (Wildman–Crippen MR) is 109 cm³/mol. The highest BCUT2D eigenvalue weighted by molar-refractivity contribution is 7.25. The summed E-state index contributed by atoms with van der Waals surface area (Å²) in [6.07, 6.45) is 3.37. The molecule has 0 N–H and O–H groups in total. The van der Waals surface area contributed by atoms with Gasteiger partial charge in [-0.15, -0.1) is 11.3 Å². The average molecular weight is 365 g/mol. The van der Waals surface area contributed by atoms with Crippen LogP contribution in [0.2, 0.25) is 0 Å². The Bertz CT molecular complexity index is 1160. The standard InChI is InChI=1S/C19H19N5OS/c1-22(2)12-5-7-13(8-6-12)24-11-21-16-15-14(23(3)4)9-10-20-18(15)26-17(16)19(24)25/h5-11H,1-4H3. The van der Waals surface area contributed by atoms with Crippen LogP contribution >= 0.6 is 11.3 Å². The quantitative estimate of drug-likeness (QED) is 0.558. The molecule has 3 aromatic heterocycles. The number of thiophene rings is 1. The smallest absolute Gasteiger partial charge is 0.275 e. The molecule has 1 aromatic carbocycles. The van der Waals surface area contributed by atoms with E-state index in [-0.39, 0.29) is 5.56 Å². The number of nitrogens with zero attached hydrogens (tertiary/aromatic N) is 5. The van der Waals surface area contributed by atoms with Crippen LogP contribution < -0.4 is 15.4 Å². The maximum absolute atomic E-state index is 13.1. The van der Waals surface area contributed by atoms with Crippen molar-refractivity contribution in [2.24, 2.45) is 0 Å². The van der Waals surface area contributed by atoms with Crippen molar-refractivity contribution in [3.8, 4) is 5.69 Å². The third-order valence-electron chi connectivity index (χ3n) is 4.39. The van der Waals surface area contributed by atoms with Gasteiger partial charge in [-0.05, 0) is 30.3 Å². The molecule has 0 spiro atoms. The number of pyridine rings is 1. The Morgan fingerprint density at radius 2 is 1.69 bits per heavy atom. The second-order valence-corrected chi connectivity index (χ2v) is 7.51. The van der Waals surface area contributed by atoms with Crippen LogP contribution in [0.1, 0.15) is 0 Å². The molecule has 3 heterocycles. The summed E-state index contributed by atoms with van der Waals surface area (Å²) in [6, 6.07) is 9.79. The molecule has 0 saturated carbocycles. The Labute approximate surface area is 155 Å². The van der Waals surface area contributed by atoms with Crippen molar-refractivity contribution in [2.45, 2.75) is 0 Å². The zero-order chi connectivity index (χ0) is 18.4. The maximum atomic E-state index is 13.1. The van der Waals surface area contributed by atoms with Crippen molar-refractivity contribution in [2.75, 3.05) is 38.0 Å². The second kappa shape index (κ2) is 6.10. The van der Waals surface area contributed by atoms with Crippen LogP contribution in [-0.2, 0) is 0 Å². The minimum Gasteiger partial charge on any atom is -0.378 e. The highest BCUT2D eigenvalue weighted by atomic mass is 32.1. The fourth-order valence-corrected chi connectivity index (χ4v) is 4.05. The lowest BCUT2D eigenvalue weighted by Crippen LogP contribution is -2.18. The van der Waals surface area contributed by atoms with Crippen LogP contribution in [0.25, 0.3) is 26.1 Å². The van der Waals surface area contributed by atoms with Gasteiger partial charge in [-0.2, -0.15) is 0 Å². The van der Waals surface area contributed by atoms with E-state index in [0.717, 1.165) is 27.3 Å². The van der Waals surface area contributed by atoms with Crippen molar-refractivity contribution < 1.29 is 0 Å². The van der Waals surface area contributed by atoms with E-state index >= 15 is 0 Å². The van der Waals surface area contributed by atoms with Crippen LogP contribution in [0.5, 0.6) is 0 Å². The molecule has 0 aliphatic carbocycles. The minimum atomic E-state index is -0.0692. The molecular formula is C19H19N5OS. The SMILES string of the molecule is CN(C)c1ccc(-n2cnc3c(sc4nccc(N(C)C)c43)c2=O)cc1. The summed E-state index contributed by atoms with van der Waals surface area (Å²) in [5.74, 6) is 0. The van der Waals surface area contributed by atoms with E-state index in [4.69, 9.17) is 0 Å². The first-order chi connectivity index (χ1) is 12.5. The zero-order valence-electron chi connectivity index (χ0n) is 15.1. The van der Waals surface area contributed by atoms with Crippen molar-refractivity contribution in [1.29, 1.82) is 0 Å². The third-order valence-corrected chi connectivity index (χ3v) is 5.46. The molecule has 0 radical (unpaired) electrons. The lowest BCUT2D eigenvalue weighted by molar-refractivity contribution is 0.966. The number of benzene rings is 1. The van der Waals surface area contributed by atoms with Gasteiger partial charge in [0.2, 0.25) is 0 Å². The Morgan fingerprint density at radius 1 is 0.962 bits per heavy atom. The van der Waals surface area contributed by atoms with Gasteiger partial charge in [-0.25, -0.2) is 9.97 Å². The van der Waals surface area contributed by atoms with E-state index in [0.29, 0.717) is 10.2 Å². The Kier molecular flexibility index (Phi) is 3.88. The van der Waals surface area contributed by atoms with Crippen LogP contribution in [0, 0.1) is 0 Å². The highest BCUT2D eigenvalue weighted by Crippen LogP contribution is 2.35. The molecule has 0 aliphatic heterocycles. The van der Waals surface area contributed by atoms with Gasteiger partial charge in [-0.3, -0.25) is 9.36 Å². The minimum absolute atomic E-state index is 0.0692. The molecule has 132 valence electrons. The fraction of sp³-hybridized carbons (Fsp3) is 0.211. The molecule has 7 heteroatoms. The fourth-order valence-electron chi connectivity index (χ4n) is 3.00. The molecule has 4 aromatic rings. The first kappa shape index (κ1) is 16.5. The van der Waals surface area contributed by atoms with E-state index in [1.165, 1.54) is 11.3 Å². The topological polar surface area (TPSA) is 54.3 Å². The third kappa shape index (κ3) is 2.52. The summed E-state index contributed by atoms with van der Waals surface area (Å²) >= 11 is 1.39. The predicted octanol–water partition coefficient (Wildman–Crippen LogP) is 3.13. The van der Waals surface area contributed by atoms with Gasteiger partial charge in [0, 0.05) is 40.1 Å². The van der Waals surface area contributed by atoms with E-state index in [9.17, 15) is 4.79 Å². The molecule has 0 atom stereocenters. The zero-order valence-corrected chi connectivity index (χ0v) is 15.9. The Hall–Kier alpha value is -2.93. The summed E-state index contributed by atoms with van der Waals surface area (Å²) in [6.45, 7) is 0. The molecule has 0 unspecified atom stereocenters. The van der Waals surface area contributed by atoms with Crippen molar-refractivity contribution in [3.05, 3.63) is 53.2 Å². The first-order valence-electron chi connectivity index (χ1n) is 8.21. The van der Waals surface area contributed by atoms with E-state index in [1.807, 2.05) is 68.3 Å². The summed E-state index contributed by atoms with van der Waals surface area (Å²) in [7, 11) is 7.93. The maximum Gasteiger partial charge on any atom is 0.275 e. The number of anilines is 2. The van der Waals surface area contributed by atoms with Crippen molar-refractivity contribution in [3.63, 3.8) is 0 Å². The van der Waals surface area contributed by atoms with E-state index in [1.54, 1.807) is 17.1 Å². The lowest BCUT2D eigenvalue weighted by Gasteiger charge is -2.14. The molecular weight excluding hydrogens is 346 g/mol. The molecule has 0 aliphatic rings. The van der Waals surface area contributed by atoms with Crippen LogP contribution in [0.3, 0.4) is 0 Å². The summed E-state index contributed by atoms with van der Waals surface area (Å²) in [5.41, 5.74) is 3.54. The van der Waals surface area contributed by atoms with Crippen LogP contribution in [0.4, 0.5) is 11.4 Å². The van der Waals surface area contributed by atoms with E-state index < -0.39 is 0 Å². The summed E-state index contributed by atoms with van der Waals surface area (Å²) < 4.78 is 2.22. The van der Waals surface area contributed by atoms with Gasteiger partial charge in [-0.1, -0.05) is 0 Å². The molecule has 26 heavy (non-hydrogen) atoms. The van der Waals surface area contributed by atoms with Gasteiger partial charge in [0.25, 0.3) is 5.56 Å². The number of aromatic nitrogens is 3. The van der Waals surface area contributed by atoms with Gasteiger partial charge in [0.15, 0.2) is 0 Å². The molecule has 4 rings (SSSR count). The van der Waals surface area contributed by atoms with Crippen molar-refractivity contribution in [1.82, 2.24) is 14.5 Å². The largest absolute Gasteiger partial charge is 0.378 e. The lowest BCUT2D eigenvalue weighted by atomic mass is 10.2. The van der Waals surface area contributed by atoms with Crippen LogP contribution in [0.15, 0.2) is 47.7 Å². The molecule has 0 saturated heterocycles. The molecule has 6 nitrogen and oxygen atoms in total. The molecule has 0 fully saturated rings. The number of rotatable bonds is 3. The normalized spacial score (nSPS) is 11.2. The number of hydrogen-bond donors (Lipinski definition) is 0.